The summed E-state index contributed by atoms with van der Waals surface area (Å²) in [7, 11) is 0. The van der Waals surface area contributed by atoms with Crippen LogP contribution in [0.3, 0.4) is 0 Å². The first-order valence-corrected chi connectivity index (χ1v) is 12.4. The summed E-state index contributed by atoms with van der Waals surface area (Å²) in [5.41, 5.74) is -7.13. The van der Waals surface area contributed by atoms with Gasteiger partial charge in [0.05, 0.1) is 24.4 Å². The van der Waals surface area contributed by atoms with Gasteiger partial charge in [0.2, 0.25) is 0 Å². The SMILES string of the molecule is C=C[C@@]1(C)CC(=O)[C@]2(O)[C@@]3(C)[C@@H](O)CCC(C)(C)[C@@H]3[C@@H](O)[C@H](OC(=O)CN(CC)CC)[C@@]2(C)O1. The van der Waals surface area contributed by atoms with Crippen molar-refractivity contribution in [1.29, 1.82) is 0 Å². The number of carbonyl (C=O) groups excluding carboxylic acids is 2. The van der Waals surface area contributed by atoms with E-state index in [9.17, 15) is 24.9 Å². The number of ketones is 1. The molecule has 3 aliphatic rings. The number of aliphatic hydroxyl groups is 3. The van der Waals surface area contributed by atoms with Crippen molar-refractivity contribution in [3.05, 3.63) is 12.7 Å². The van der Waals surface area contributed by atoms with Crippen LogP contribution in [0.1, 0.15) is 67.7 Å². The molecule has 0 unspecified atom stereocenters. The summed E-state index contributed by atoms with van der Waals surface area (Å²) in [5.74, 6) is -1.81. The summed E-state index contributed by atoms with van der Waals surface area (Å²) in [6.45, 7) is 17.7. The minimum Gasteiger partial charge on any atom is -0.455 e. The molecule has 3 fully saturated rings. The Labute approximate surface area is 203 Å². The Bertz CT molecular complexity index is 841. The van der Waals surface area contributed by atoms with Gasteiger partial charge in [-0.15, -0.1) is 6.58 Å². The second-order valence-electron chi connectivity index (χ2n) is 11.7. The van der Waals surface area contributed by atoms with Crippen molar-refractivity contribution in [2.24, 2.45) is 16.7 Å². The number of carbonyl (C=O) groups is 2. The molecular formula is C26H43NO7. The lowest BCUT2D eigenvalue weighted by Crippen LogP contribution is -2.86. The fourth-order valence-electron chi connectivity index (χ4n) is 7.29. The number of esters is 1. The smallest absolute Gasteiger partial charge is 0.320 e. The molecule has 8 heteroatoms. The Morgan fingerprint density at radius 3 is 2.32 bits per heavy atom. The summed E-state index contributed by atoms with van der Waals surface area (Å²) in [5, 5.41) is 35.5. The Balaban J connectivity index is 2.20. The van der Waals surface area contributed by atoms with Crippen molar-refractivity contribution in [3.63, 3.8) is 0 Å². The number of hydrogen-bond donors (Lipinski definition) is 3. The molecule has 0 amide bonds. The predicted molar refractivity (Wildman–Crippen MR) is 127 cm³/mol. The highest BCUT2D eigenvalue weighted by atomic mass is 16.6. The van der Waals surface area contributed by atoms with E-state index in [0.29, 0.717) is 25.9 Å². The molecular weight excluding hydrogens is 438 g/mol. The molecule has 8 nitrogen and oxygen atoms in total. The van der Waals surface area contributed by atoms with Crippen LogP contribution in [0.2, 0.25) is 0 Å². The van der Waals surface area contributed by atoms with Gasteiger partial charge in [0, 0.05) is 17.8 Å². The maximum Gasteiger partial charge on any atom is 0.320 e. The van der Waals surface area contributed by atoms with Crippen molar-refractivity contribution in [3.8, 4) is 0 Å². The summed E-state index contributed by atoms with van der Waals surface area (Å²) >= 11 is 0. The van der Waals surface area contributed by atoms with Crippen molar-refractivity contribution in [2.75, 3.05) is 19.6 Å². The average Bonchev–Trinajstić information content (AvgIpc) is 2.75. The van der Waals surface area contributed by atoms with Crippen molar-refractivity contribution < 1.29 is 34.4 Å². The summed E-state index contributed by atoms with van der Waals surface area (Å²) < 4.78 is 12.3. The van der Waals surface area contributed by atoms with Crippen molar-refractivity contribution >= 4 is 11.8 Å². The molecule has 194 valence electrons. The van der Waals surface area contributed by atoms with E-state index in [-0.39, 0.29) is 13.0 Å². The monoisotopic (exact) mass is 481 g/mol. The van der Waals surface area contributed by atoms with E-state index in [4.69, 9.17) is 9.47 Å². The first-order chi connectivity index (χ1) is 15.6. The van der Waals surface area contributed by atoms with E-state index >= 15 is 0 Å². The topological polar surface area (TPSA) is 117 Å². The van der Waals surface area contributed by atoms with Gasteiger partial charge in [-0.25, -0.2) is 0 Å². The molecule has 0 bridgehead atoms. The molecule has 2 aliphatic carbocycles. The average molecular weight is 482 g/mol. The molecule has 0 aromatic carbocycles. The van der Waals surface area contributed by atoms with E-state index in [1.807, 2.05) is 32.6 Å². The number of nitrogens with zero attached hydrogens (tertiary/aromatic N) is 1. The zero-order chi connectivity index (χ0) is 25.9. The maximum atomic E-state index is 13.8. The van der Waals surface area contributed by atoms with Gasteiger partial charge < -0.3 is 24.8 Å². The van der Waals surface area contributed by atoms with E-state index in [1.54, 1.807) is 13.8 Å². The van der Waals surface area contributed by atoms with Gasteiger partial charge in [0.15, 0.2) is 17.5 Å². The van der Waals surface area contributed by atoms with Crippen LogP contribution in [0.4, 0.5) is 0 Å². The highest BCUT2D eigenvalue weighted by Crippen LogP contribution is 2.67. The molecule has 0 aromatic heterocycles. The van der Waals surface area contributed by atoms with E-state index in [0.717, 1.165) is 0 Å². The number of Topliss-reactive ketones (excluding diaryl/α,β-unsaturated/α-hetero) is 1. The molecule has 0 aromatic rings. The maximum absolute atomic E-state index is 13.8. The molecule has 1 aliphatic heterocycles. The Kier molecular flexibility index (Phi) is 6.95. The van der Waals surface area contributed by atoms with Crippen LogP contribution in [-0.4, -0.2) is 86.7 Å². The minimum atomic E-state index is -2.20. The number of hydrogen-bond acceptors (Lipinski definition) is 8. The standard InChI is InChI=1S/C26H43NO7/c1-9-23(6)14-17(29)26(32)24(7)16(28)12-13-22(4,5)20(24)19(31)21(25(26,8)34-23)33-18(30)15-27(10-2)11-3/h9,16,19-21,28,31-32H,1,10-15H2,2-8H3/t16-,19+,20-,21-,23-,24-,25+,26-/m0/s1. The van der Waals surface area contributed by atoms with Crippen LogP contribution in [-0.2, 0) is 19.1 Å². The van der Waals surface area contributed by atoms with Crippen LogP contribution in [0.25, 0.3) is 0 Å². The fraction of sp³-hybridized carbons (Fsp3) is 0.846. The van der Waals surface area contributed by atoms with Crippen molar-refractivity contribution in [1.82, 2.24) is 4.90 Å². The quantitative estimate of drug-likeness (QED) is 0.389. The Morgan fingerprint density at radius 1 is 1.21 bits per heavy atom. The number of rotatable bonds is 6. The van der Waals surface area contributed by atoms with Gasteiger partial charge in [0.1, 0.15) is 5.60 Å². The van der Waals surface area contributed by atoms with Crippen LogP contribution >= 0.6 is 0 Å². The Morgan fingerprint density at radius 2 is 1.79 bits per heavy atom. The third kappa shape index (κ3) is 3.60. The molecule has 8 atom stereocenters. The summed E-state index contributed by atoms with van der Waals surface area (Å²) in [6, 6.07) is 0. The normalized spacial score (nSPS) is 45.9. The first-order valence-electron chi connectivity index (χ1n) is 12.4. The molecule has 34 heavy (non-hydrogen) atoms. The van der Waals surface area contributed by atoms with E-state index in [2.05, 4.69) is 6.58 Å². The van der Waals surface area contributed by atoms with Crippen LogP contribution in [0.5, 0.6) is 0 Å². The minimum absolute atomic E-state index is 0.00531. The molecule has 3 rings (SSSR count). The summed E-state index contributed by atoms with van der Waals surface area (Å²) in [4.78, 5) is 28.7. The third-order valence-corrected chi connectivity index (χ3v) is 9.23. The molecule has 1 heterocycles. The van der Waals surface area contributed by atoms with Gasteiger partial charge in [-0.1, -0.05) is 40.7 Å². The van der Waals surface area contributed by atoms with Gasteiger partial charge in [-0.3, -0.25) is 14.5 Å². The van der Waals surface area contributed by atoms with E-state index < -0.39 is 63.6 Å². The zero-order valence-electron chi connectivity index (χ0n) is 21.8. The van der Waals surface area contributed by atoms with Gasteiger partial charge in [0.25, 0.3) is 0 Å². The van der Waals surface area contributed by atoms with Crippen LogP contribution in [0, 0.1) is 16.7 Å². The van der Waals surface area contributed by atoms with Gasteiger partial charge in [-0.05, 0) is 45.2 Å². The largest absolute Gasteiger partial charge is 0.455 e. The fourth-order valence-corrected chi connectivity index (χ4v) is 7.29. The number of fused-ring (bicyclic) bond motifs is 3. The second kappa shape index (κ2) is 8.66. The van der Waals surface area contributed by atoms with Crippen molar-refractivity contribution in [2.45, 2.75) is 103 Å². The van der Waals surface area contributed by atoms with Crippen LogP contribution in [0.15, 0.2) is 12.7 Å². The number of likely N-dealkylation sites (N-methyl/N-ethyl adjacent to an activating group) is 1. The Hall–Kier alpha value is -1.32. The molecule has 0 spiro atoms. The number of ether oxygens (including phenoxy) is 2. The lowest BCUT2D eigenvalue weighted by molar-refractivity contribution is -0.370. The third-order valence-electron chi connectivity index (χ3n) is 9.23. The van der Waals surface area contributed by atoms with Gasteiger partial charge in [-0.2, -0.15) is 0 Å². The molecule has 1 saturated heterocycles. The second-order valence-corrected chi connectivity index (χ2v) is 11.7. The molecule has 3 N–H and O–H groups in total. The lowest BCUT2D eigenvalue weighted by Gasteiger charge is -2.71. The highest BCUT2D eigenvalue weighted by Gasteiger charge is 2.81. The molecule has 0 radical (unpaired) electrons. The number of aliphatic hydroxyl groups excluding tert-OH is 2. The zero-order valence-corrected chi connectivity index (χ0v) is 21.8. The first kappa shape index (κ1) is 27.3. The highest BCUT2D eigenvalue weighted by molar-refractivity contribution is 5.92. The predicted octanol–water partition coefficient (Wildman–Crippen LogP) is 1.84. The molecule has 2 saturated carbocycles. The lowest BCUT2D eigenvalue weighted by atomic mass is 9.40. The van der Waals surface area contributed by atoms with Gasteiger partial charge >= 0.3 is 5.97 Å². The summed E-state index contributed by atoms with van der Waals surface area (Å²) in [6.07, 6.45) is -1.37. The van der Waals surface area contributed by atoms with E-state index in [1.165, 1.54) is 13.0 Å². The van der Waals surface area contributed by atoms with Crippen LogP contribution < -0.4 is 0 Å².